The lowest BCUT2D eigenvalue weighted by molar-refractivity contribution is -0.126. The number of hydrogen-bond acceptors (Lipinski definition) is 4. The number of piperidine rings is 1. The molecule has 1 saturated heterocycles. The second-order valence-corrected chi connectivity index (χ2v) is 8.89. The van der Waals surface area contributed by atoms with Crippen LogP contribution >= 0.6 is 22.9 Å². The number of amides is 2. The Hall–Kier alpha value is -3.14. The summed E-state index contributed by atoms with van der Waals surface area (Å²) in [6, 6.07) is 16.9. The summed E-state index contributed by atoms with van der Waals surface area (Å²) in [6.07, 6.45) is 1.64. The summed E-state index contributed by atoms with van der Waals surface area (Å²) in [4.78, 5) is 31.2. The number of nitrogens with zero attached hydrogens (tertiary/aromatic N) is 2. The quantitative estimate of drug-likeness (QED) is 0.580. The van der Waals surface area contributed by atoms with Crippen LogP contribution in [0.4, 0.5) is 0 Å². The van der Waals surface area contributed by atoms with E-state index in [2.05, 4.69) is 22.1 Å². The number of carbonyl (C=O) groups is 2. The van der Waals surface area contributed by atoms with Gasteiger partial charge in [0.15, 0.2) is 0 Å². The highest BCUT2D eigenvalue weighted by atomic mass is 35.5. The molecule has 0 spiro atoms. The van der Waals surface area contributed by atoms with Gasteiger partial charge in [-0.2, -0.15) is 0 Å². The van der Waals surface area contributed by atoms with Crippen molar-refractivity contribution in [1.29, 1.82) is 0 Å². The number of rotatable bonds is 4. The number of halogens is 1. The van der Waals surface area contributed by atoms with Gasteiger partial charge in [0.05, 0.1) is 5.01 Å². The van der Waals surface area contributed by atoms with Gasteiger partial charge in [0.2, 0.25) is 0 Å². The molecule has 2 aromatic carbocycles. The Bertz CT molecular complexity index is 1140. The number of hydrogen-bond donors (Lipinski definition) is 1. The smallest absolute Gasteiger partial charge is 0.298 e. The van der Waals surface area contributed by atoms with Crippen molar-refractivity contribution in [3.05, 3.63) is 86.8 Å². The first-order valence-corrected chi connectivity index (χ1v) is 11.7. The zero-order valence-electron chi connectivity index (χ0n) is 17.4. The van der Waals surface area contributed by atoms with Gasteiger partial charge in [0.1, 0.15) is 5.69 Å². The number of carbonyl (C=O) groups excluding carboxylic acids is 2. The molecule has 0 aliphatic carbocycles. The van der Waals surface area contributed by atoms with Gasteiger partial charge in [-0.05, 0) is 42.7 Å². The molecule has 0 atom stereocenters. The molecule has 2 amide bonds. The summed E-state index contributed by atoms with van der Waals surface area (Å²) in [5.41, 5.74) is 2.25. The molecular weight excluding hydrogens is 442 g/mol. The van der Waals surface area contributed by atoms with Gasteiger partial charge in [-0.3, -0.25) is 9.59 Å². The van der Waals surface area contributed by atoms with Crippen molar-refractivity contribution in [3.8, 4) is 11.8 Å². The molecule has 0 radical (unpaired) electrons. The van der Waals surface area contributed by atoms with Crippen molar-refractivity contribution >= 4 is 34.8 Å². The van der Waals surface area contributed by atoms with Crippen LogP contribution in [-0.2, 0) is 11.3 Å². The Kier molecular flexibility index (Phi) is 7.21. The van der Waals surface area contributed by atoms with E-state index < -0.39 is 0 Å². The molecule has 3 aromatic rings. The van der Waals surface area contributed by atoms with E-state index in [1.165, 1.54) is 11.3 Å². The summed E-state index contributed by atoms with van der Waals surface area (Å²) in [5.74, 6) is 5.58. The van der Waals surface area contributed by atoms with Crippen molar-refractivity contribution in [2.24, 2.45) is 0 Å². The number of likely N-dealkylation sites (tertiary alicyclic amines) is 1. The Morgan fingerprint density at radius 3 is 2.53 bits per heavy atom. The maximum absolute atomic E-state index is 12.5. The first kappa shape index (κ1) is 22.1. The van der Waals surface area contributed by atoms with Gasteiger partial charge >= 0.3 is 0 Å². The van der Waals surface area contributed by atoms with E-state index in [0.717, 1.165) is 29.0 Å². The Morgan fingerprint density at radius 2 is 1.81 bits per heavy atom. The molecule has 2 heterocycles. The van der Waals surface area contributed by atoms with E-state index >= 15 is 0 Å². The molecular formula is C25H22ClN3O2S. The highest BCUT2D eigenvalue weighted by molar-refractivity contribution is 7.09. The highest BCUT2D eigenvalue weighted by Crippen LogP contribution is 2.30. The van der Waals surface area contributed by atoms with E-state index in [-0.39, 0.29) is 17.7 Å². The van der Waals surface area contributed by atoms with E-state index in [1.54, 1.807) is 22.4 Å². The van der Waals surface area contributed by atoms with Crippen LogP contribution in [0.3, 0.4) is 0 Å². The fourth-order valence-electron chi connectivity index (χ4n) is 3.51. The number of thiazole rings is 1. The Morgan fingerprint density at radius 1 is 1.09 bits per heavy atom. The van der Waals surface area contributed by atoms with Crippen molar-refractivity contribution in [3.63, 3.8) is 0 Å². The fraction of sp³-hybridized carbons (Fsp3) is 0.240. The third-order valence-electron chi connectivity index (χ3n) is 5.34. The predicted molar refractivity (Wildman–Crippen MR) is 127 cm³/mol. The predicted octanol–water partition coefficient (Wildman–Crippen LogP) is 4.48. The SMILES string of the molecule is O=C(NCc1ccc(Cl)cc1)c1csc(C2CCN(C(=O)C#Cc3ccccc3)CC2)n1. The maximum Gasteiger partial charge on any atom is 0.298 e. The second-order valence-electron chi connectivity index (χ2n) is 7.56. The Balaban J connectivity index is 1.28. The molecule has 32 heavy (non-hydrogen) atoms. The van der Waals surface area contributed by atoms with Gasteiger partial charge in [0.25, 0.3) is 11.8 Å². The van der Waals surface area contributed by atoms with Crippen molar-refractivity contribution in [2.75, 3.05) is 13.1 Å². The van der Waals surface area contributed by atoms with Crippen LogP contribution in [0.2, 0.25) is 5.02 Å². The zero-order valence-corrected chi connectivity index (χ0v) is 19.0. The monoisotopic (exact) mass is 463 g/mol. The van der Waals surface area contributed by atoms with Crippen LogP contribution in [0.25, 0.3) is 0 Å². The van der Waals surface area contributed by atoms with Gasteiger partial charge in [0, 0.05) is 47.4 Å². The Labute approximate surface area is 196 Å². The van der Waals surface area contributed by atoms with Crippen LogP contribution in [0.5, 0.6) is 0 Å². The average Bonchev–Trinajstić information content (AvgIpc) is 3.33. The zero-order chi connectivity index (χ0) is 22.3. The van der Waals surface area contributed by atoms with Crippen LogP contribution in [-0.4, -0.2) is 34.8 Å². The molecule has 1 aromatic heterocycles. The molecule has 0 unspecified atom stereocenters. The van der Waals surface area contributed by atoms with E-state index in [9.17, 15) is 9.59 Å². The third-order valence-corrected chi connectivity index (χ3v) is 6.60. The molecule has 0 saturated carbocycles. The van der Waals surface area contributed by atoms with E-state index in [1.807, 2.05) is 42.5 Å². The van der Waals surface area contributed by atoms with Gasteiger partial charge in [-0.1, -0.05) is 47.9 Å². The number of benzene rings is 2. The summed E-state index contributed by atoms with van der Waals surface area (Å²) >= 11 is 7.39. The molecule has 1 fully saturated rings. The fourth-order valence-corrected chi connectivity index (χ4v) is 4.61. The van der Waals surface area contributed by atoms with Crippen molar-refractivity contribution < 1.29 is 9.59 Å². The molecule has 4 rings (SSSR count). The van der Waals surface area contributed by atoms with E-state index in [0.29, 0.717) is 30.4 Å². The minimum absolute atomic E-state index is 0.145. The lowest BCUT2D eigenvalue weighted by atomic mass is 9.97. The molecule has 1 aliphatic rings. The second kappa shape index (κ2) is 10.4. The summed E-state index contributed by atoms with van der Waals surface area (Å²) in [7, 11) is 0. The van der Waals surface area contributed by atoms with Gasteiger partial charge in [-0.25, -0.2) is 4.98 Å². The van der Waals surface area contributed by atoms with Crippen LogP contribution < -0.4 is 5.32 Å². The largest absolute Gasteiger partial charge is 0.347 e. The van der Waals surface area contributed by atoms with Crippen molar-refractivity contribution in [2.45, 2.75) is 25.3 Å². The van der Waals surface area contributed by atoms with E-state index in [4.69, 9.17) is 11.6 Å². The van der Waals surface area contributed by atoms with Gasteiger partial charge in [-0.15, -0.1) is 11.3 Å². The summed E-state index contributed by atoms with van der Waals surface area (Å²) in [5, 5.41) is 6.31. The molecule has 0 bridgehead atoms. The average molecular weight is 464 g/mol. The summed E-state index contributed by atoms with van der Waals surface area (Å²) < 4.78 is 0. The molecule has 1 N–H and O–H groups in total. The molecule has 5 nitrogen and oxygen atoms in total. The van der Waals surface area contributed by atoms with Crippen LogP contribution in [0.15, 0.2) is 60.0 Å². The minimum atomic E-state index is -0.189. The highest BCUT2D eigenvalue weighted by Gasteiger charge is 2.25. The minimum Gasteiger partial charge on any atom is -0.347 e. The lowest BCUT2D eigenvalue weighted by Gasteiger charge is -2.29. The normalized spacial score (nSPS) is 13.8. The third kappa shape index (κ3) is 5.76. The first-order valence-electron chi connectivity index (χ1n) is 10.4. The topological polar surface area (TPSA) is 62.3 Å². The van der Waals surface area contributed by atoms with Crippen LogP contribution in [0, 0.1) is 11.8 Å². The van der Waals surface area contributed by atoms with Crippen molar-refractivity contribution in [1.82, 2.24) is 15.2 Å². The first-order chi connectivity index (χ1) is 15.6. The lowest BCUT2D eigenvalue weighted by Crippen LogP contribution is -2.37. The standard InChI is InChI=1S/C25H22ClN3O2S/c26-21-9-6-19(7-10-21)16-27-24(31)22-17-32-25(28-22)20-12-14-29(15-13-20)23(30)11-8-18-4-2-1-3-5-18/h1-7,9-10,17,20H,12-16H2,(H,27,31). The molecule has 7 heteroatoms. The molecule has 1 aliphatic heterocycles. The number of nitrogens with one attached hydrogen (secondary N) is 1. The maximum atomic E-state index is 12.5. The number of aromatic nitrogens is 1. The summed E-state index contributed by atoms with van der Waals surface area (Å²) in [6.45, 7) is 1.71. The molecule has 162 valence electrons. The van der Waals surface area contributed by atoms with Crippen LogP contribution in [0.1, 0.15) is 45.4 Å². The van der Waals surface area contributed by atoms with Gasteiger partial charge < -0.3 is 10.2 Å².